The van der Waals surface area contributed by atoms with Gasteiger partial charge >= 0.3 is 0 Å². The van der Waals surface area contributed by atoms with E-state index in [4.69, 9.17) is 0 Å². The molecule has 0 aromatic heterocycles. The highest BCUT2D eigenvalue weighted by Gasteiger charge is 1.96. The number of hydrogen-bond acceptors (Lipinski definition) is 3. The molecule has 2 aliphatic heterocycles. The number of hydrogen-bond donors (Lipinski definition) is 2. The van der Waals surface area contributed by atoms with Crippen LogP contribution in [0.3, 0.4) is 0 Å². The summed E-state index contributed by atoms with van der Waals surface area (Å²) >= 11 is 0. The molecule has 16 heavy (non-hydrogen) atoms. The Morgan fingerprint density at radius 3 is 2.88 bits per heavy atom. The molecule has 3 heteroatoms. The van der Waals surface area contributed by atoms with Gasteiger partial charge in [-0.25, -0.2) is 0 Å². The molecule has 2 heterocycles. The lowest BCUT2D eigenvalue weighted by atomic mass is 10.2. The number of rotatable bonds is 0. The van der Waals surface area contributed by atoms with E-state index in [-0.39, 0.29) is 0 Å². The van der Waals surface area contributed by atoms with Crippen molar-refractivity contribution >= 4 is 18.0 Å². The average molecular weight is 213 g/mol. The molecular formula is C13H15N3. The van der Waals surface area contributed by atoms with E-state index in [2.05, 4.69) is 21.9 Å². The maximum atomic E-state index is 3.95. The van der Waals surface area contributed by atoms with Gasteiger partial charge in [0.05, 0.1) is 5.69 Å². The van der Waals surface area contributed by atoms with E-state index in [0.717, 1.165) is 12.2 Å². The molecular weight excluding hydrogens is 198 g/mol. The van der Waals surface area contributed by atoms with Crippen LogP contribution in [-0.2, 0) is 0 Å². The number of fused-ring (bicyclic) bond motifs is 1. The molecule has 3 nitrogen and oxygen atoms in total. The first-order valence-electron chi connectivity index (χ1n) is 5.40. The van der Waals surface area contributed by atoms with Crippen LogP contribution < -0.4 is 10.7 Å². The van der Waals surface area contributed by atoms with Gasteiger partial charge in [0.15, 0.2) is 0 Å². The van der Waals surface area contributed by atoms with Crippen LogP contribution in [0.1, 0.15) is 12.0 Å². The number of nitrogens with one attached hydrogen (secondary N) is 2. The minimum atomic E-state index is 1.05. The number of anilines is 1. The van der Waals surface area contributed by atoms with Gasteiger partial charge in [0.1, 0.15) is 0 Å². The van der Waals surface area contributed by atoms with Gasteiger partial charge in [-0.3, -0.25) is 5.43 Å². The van der Waals surface area contributed by atoms with Gasteiger partial charge in [0.2, 0.25) is 0 Å². The second kappa shape index (κ2) is 5.75. The molecule has 1 aromatic rings. The highest BCUT2D eigenvalue weighted by atomic mass is 15.3. The molecule has 0 aliphatic carbocycles. The Kier molecular flexibility index (Phi) is 3.77. The van der Waals surface area contributed by atoms with Crippen LogP contribution in [0.2, 0.25) is 0 Å². The monoisotopic (exact) mass is 213 g/mol. The van der Waals surface area contributed by atoms with E-state index in [1.165, 1.54) is 12.0 Å². The zero-order valence-corrected chi connectivity index (χ0v) is 9.06. The molecule has 0 spiro atoms. The van der Waals surface area contributed by atoms with Gasteiger partial charge in [-0.2, -0.15) is 5.10 Å². The average Bonchev–Trinajstić information content (AvgIpc) is 2.81. The Bertz CT molecular complexity index is 413. The van der Waals surface area contributed by atoms with Gasteiger partial charge < -0.3 is 5.32 Å². The normalized spacial score (nSPS) is 15.2. The molecule has 2 aliphatic rings. The van der Waals surface area contributed by atoms with Crippen molar-refractivity contribution in [1.82, 2.24) is 5.32 Å². The van der Waals surface area contributed by atoms with E-state index in [0.29, 0.717) is 0 Å². The molecule has 82 valence electrons. The Balaban J connectivity index is 0.000000162. The summed E-state index contributed by atoms with van der Waals surface area (Å²) in [6.45, 7) is 1.14. The summed E-state index contributed by atoms with van der Waals surface area (Å²) in [5.74, 6) is 0. The predicted octanol–water partition coefficient (Wildman–Crippen LogP) is 2.60. The molecule has 0 atom stereocenters. The van der Waals surface area contributed by atoms with Crippen molar-refractivity contribution in [3.63, 3.8) is 0 Å². The lowest BCUT2D eigenvalue weighted by Gasteiger charge is -2.00. The van der Waals surface area contributed by atoms with E-state index in [1.54, 1.807) is 6.21 Å². The van der Waals surface area contributed by atoms with Crippen LogP contribution >= 0.6 is 0 Å². The van der Waals surface area contributed by atoms with E-state index in [1.807, 2.05) is 42.6 Å². The fourth-order valence-electron chi connectivity index (χ4n) is 1.46. The lowest BCUT2D eigenvalue weighted by molar-refractivity contribution is 0.917. The second-order valence-corrected chi connectivity index (χ2v) is 3.48. The molecule has 2 N–H and O–H groups in total. The third-order valence-electron chi connectivity index (χ3n) is 2.27. The molecule has 0 unspecified atom stereocenters. The molecule has 0 saturated carbocycles. The molecule has 3 rings (SSSR count). The highest BCUT2D eigenvalue weighted by molar-refractivity contribution is 5.83. The van der Waals surface area contributed by atoms with Crippen LogP contribution in [-0.4, -0.2) is 12.8 Å². The van der Waals surface area contributed by atoms with Gasteiger partial charge in [-0.1, -0.05) is 30.4 Å². The molecule has 0 saturated heterocycles. The summed E-state index contributed by atoms with van der Waals surface area (Å²) in [5, 5.41) is 6.99. The van der Waals surface area contributed by atoms with Crippen molar-refractivity contribution in [3.05, 3.63) is 48.2 Å². The minimum Gasteiger partial charge on any atom is -0.391 e. The fourth-order valence-corrected chi connectivity index (χ4v) is 1.46. The minimum absolute atomic E-state index is 1.05. The third-order valence-corrected chi connectivity index (χ3v) is 2.27. The number of nitrogens with zero attached hydrogens (tertiary/aromatic N) is 1. The first kappa shape index (κ1) is 10.5. The van der Waals surface area contributed by atoms with E-state index in [9.17, 15) is 0 Å². The predicted molar refractivity (Wildman–Crippen MR) is 69.4 cm³/mol. The first-order valence-corrected chi connectivity index (χ1v) is 5.40. The summed E-state index contributed by atoms with van der Waals surface area (Å²) in [7, 11) is 0. The number of allylic oxidation sites excluding steroid dienone is 1. The third kappa shape index (κ3) is 2.98. The number of benzene rings is 1. The van der Waals surface area contributed by atoms with Crippen molar-refractivity contribution in [3.8, 4) is 0 Å². The maximum Gasteiger partial charge on any atom is 0.0634 e. The second-order valence-electron chi connectivity index (χ2n) is 3.48. The summed E-state index contributed by atoms with van der Waals surface area (Å²) in [6.07, 6.45) is 11.0. The molecule has 0 fully saturated rings. The summed E-state index contributed by atoms with van der Waals surface area (Å²) in [6, 6.07) is 8.05. The molecule has 0 radical (unpaired) electrons. The SMILES string of the molecule is C1=CNCC1.C1=Cc2ccccc2NN=C1. The smallest absolute Gasteiger partial charge is 0.0634 e. The first-order chi connectivity index (χ1) is 7.97. The Hall–Kier alpha value is -2.03. The Morgan fingerprint density at radius 1 is 1.19 bits per heavy atom. The topological polar surface area (TPSA) is 36.4 Å². The zero-order chi connectivity index (χ0) is 11.1. The van der Waals surface area contributed by atoms with Gasteiger partial charge in [-0.15, -0.1) is 0 Å². The number of hydrazone groups is 1. The van der Waals surface area contributed by atoms with Crippen molar-refractivity contribution in [2.75, 3.05) is 12.0 Å². The van der Waals surface area contributed by atoms with Gasteiger partial charge in [-0.05, 0) is 30.3 Å². The largest absolute Gasteiger partial charge is 0.391 e. The zero-order valence-electron chi connectivity index (χ0n) is 9.06. The van der Waals surface area contributed by atoms with Gasteiger partial charge in [0, 0.05) is 12.8 Å². The molecule has 0 amide bonds. The quantitative estimate of drug-likeness (QED) is 0.695. The summed E-state index contributed by atoms with van der Waals surface area (Å²) in [5.41, 5.74) is 5.16. The highest BCUT2D eigenvalue weighted by Crippen LogP contribution is 2.17. The van der Waals surface area contributed by atoms with Crippen LogP contribution in [0.15, 0.2) is 47.7 Å². The van der Waals surface area contributed by atoms with E-state index < -0.39 is 0 Å². The standard InChI is InChI=1S/C9H8N2.C4H7N/c1-2-6-9-8(4-1)5-3-7-10-11-9;1-2-4-5-3-1/h1-7,11H;1,3,5H,2,4H2. The summed E-state index contributed by atoms with van der Waals surface area (Å²) < 4.78 is 0. The van der Waals surface area contributed by atoms with Crippen LogP contribution in [0.4, 0.5) is 5.69 Å². The summed E-state index contributed by atoms with van der Waals surface area (Å²) in [4.78, 5) is 0. The van der Waals surface area contributed by atoms with Crippen molar-refractivity contribution in [1.29, 1.82) is 0 Å². The lowest BCUT2D eigenvalue weighted by Crippen LogP contribution is -1.96. The Morgan fingerprint density at radius 2 is 2.12 bits per heavy atom. The van der Waals surface area contributed by atoms with Crippen molar-refractivity contribution in [2.45, 2.75) is 6.42 Å². The molecule has 0 bridgehead atoms. The Labute approximate surface area is 95.6 Å². The van der Waals surface area contributed by atoms with Crippen LogP contribution in [0, 0.1) is 0 Å². The maximum absolute atomic E-state index is 3.95. The van der Waals surface area contributed by atoms with Crippen molar-refractivity contribution in [2.24, 2.45) is 5.10 Å². The van der Waals surface area contributed by atoms with Crippen molar-refractivity contribution < 1.29 is 0 Å². The van der Waals surface area contributed by atoms with Crippen LogP contribution in [0.5, 0.6) is 0 Å². The molecule has 1 aromatic carbocycles. The van der Waals surface area contributed by atoms with Crippen LogP contribution in [0.25, 0.3) is 6.08 Å². The number of para-hydroxylation sites is 1. The van der Waals surface area contributed by atoms with E-state index >= 15 is 0 Å². The van der Waals surface area contributed by atoms with Gasteiger partial charge in [0.25, 0.3) is 0 Å². The fraction of sp³-hybridized carbons (Fsp3) is 0.154.